The van der Waals surface area contributed by atoms with Crippen LogP contribution < -0.4 is 0 Å². The molecule has 2 aromatic heterocycles. The molecule has 1 atom stereocenters. The van der Waals surface area contributed by atoms with Gasteiger partial charge in [-0.05, 0) is 55.9 Å². The third-order valence-corrected chi connectivity index (χ3v) is 6.38. The Hall–Kier alpha value is -1.73. The number of carbonyl (C=O) groups excluding carboxylic acids is 1. The van der Waals surface area contributed by atoms with E-state index in [4.69, 9.17) is 0 Å². The Kier molecular flexibility index (Phi) is 4.60. The molecule has 0 aliphatic carbocycles. The van der Waals surface area contributed by atoms with Crippen LogP contribution in [-0.2, 0) is 13.6 Å². The summed E-state index contributed by atoms with van der Waals surface area (Å²) < 4.78 is 6.04. The summed E-state index contributed by atoms with van der Waals surface area (Å²) >= 11 is 1.30. The number of carbonyl (C=O) groups is 1. The van der Waals surface area contributed by atoms with Gasteiger partial charge in [-0.1, -0.05) is 0 Å². The summed E-state index contributed by atoms with van der Waals surface area (Å²) in [5, 5.41) is 4.28. The summed E-state index contributed by atoms with van der Waals surface area (Å²) in [6, 6.07) is 3.94. The highest BCUT2D eigenvalue weighted by Gasteiger charge is 2.40. The molecule has 1 amide bonds. The molecular weight excluding hydrogens is 334 g/mol. The number of hydrogen-bond donors (Lipinski definition) is 0. The predicted octanol–water partition coefficient (Wildman–Crippen LogP) is 2.40. The standard InChI is InChI=1S/C18H25N5OS/c1-21-15(4-8-19-21)12-22-10-2-6-18(13-22)7-3-11-23(14-18)17(24)16-5-9-20-25-16/h4-5,8-9H,2-3,6-7,10-14H2,1H3. The molecule has 1 spiro atoms. The van der Waals surface area contributed by atoms with Crippen LogP contribution in [0.25, 0.3) is 0 Å². The van der Waals surface area contributed by atoms with Crippen molar-refractivity contribution in [1.82, 2.24) is 24.0 Å². The number of likely N-dealkylation sites (tertiary alicyclic amines) is 2. The Balaban J connectivity index is 1.45. The fourth-order valence-electron chi connectivity index (χ4n) is 4.43. The van der Waals surface area contributed by atoms with Crippen LogP contribution in [0, 0.1) is 5.41 Å². The summed E-state index contributed by atoms with van der Waals surface area (Å²) in [5.74, 6) is 0.158. The minimum absolute atomic E-state index is 0.158. The smallest absolute Gasteiger partial charge is 0.265 e. The number of aromatic nitrogens is 3. The first-order chi connectivity index (χ1) is 12.2. The second-order valence-electron chi connectivity index (χ2n) is 7.47. The molecule has 0 aromatic carbocycles. The normalized spacial score (nSPS) is 24.8. The highest BCUT2D eigenvalue weighted by atomic mass is 32.1. The van der Waals surface area contributed by atoms with Gasteiger partial charge in [0.2, 0.25) is 0 Å². The van der Waals surface area contributed by atoms with E-state index in [9.17, 15) is 4.79 Å². The van der Waals surface area contributed by atoms with Crippen molar-refractivity contribution in [3.8, 4) is 0 Å². The van der Waals surface area contributed by atoms with Crippen LogP contribution in [0.5, 0.6) is 0 Å². The SMILES string of the molecule is Cn1nccc1CN1CCCC2(CCCN(C(=O)c3ccns3)C2)C1. The lowest BCUT2D eigenvalue weighted by Crippen LogP contribution is -2.53. The predicted molar refractivity (Wildman–Crippen MR) is 97.4 cm³/mol. The second kappa shape index (κ2) is 6.88. The summed E-state index contributed by atoms with van der Waals surface area (Å²) in [7, 11) is 2.01. The Morgan fingerprint density at radius 2 is 2.04 bits per heavy atom. The molecule has 1 unspecified atom stereocenters. The lowest BCUT2D eigenvalue weighted by molar-refractivity contribution is 0.0109. The molecule has 2 aromatic rings. The molecule has 0 radical (unpaired) electrons. The second-order valence-corrected chi connectivity index (χ2v) is 8.30. The van der Waals surface area contributed by atoms with Gasteiger partial charge in [-0.15, -0.1) is 0 Å². The molecule has 2 fully saturated rings. The Labute approximate surface area is 152 Å². The maximum Gasteiger partial charge on any atom is 0.265 e. The minimum atomic E-state index is 0.158. The van der Waals surface area contributed by atoms with Crippen LogP contribution in [0.2, 0.25) is 0 Å². The van der Waals surface area contributed by atoms with E-state index >= 15 is 0 Å². The molecule has 7 heteroatoms. The van der Waals surface area contributed by atoms with Gasteiger partial charge in [-0.2, -0.15) is 5.10 Å². The third kappa shape index (κ3) is 3.48. The highest BCUT2D eigenvalue weighted by molar-refractivity contribution is 7.08. The lowest BCUT2D eigenvalue weighted by atomic mass is 9.73. The first-order valence-electron chi connectivity index (χ1n) is 9.04. The molecule has 134 valence electrons. The largest absolute Gasteiger partial charge is 0.337 e. The molecule has 2 saturated heterocycles. The van der Waals surface area contributed by atoms with Crippen molar-refractivity contribution in [2.24, 2.45) is 12.5 Å². The fraction of sp³-hybridized carbons (Fsp3) is 0.611. The van der Waals surface area contributed by atoms with E-state index in [0.717, 1.165) is 44.0 Å². The van der Waals surface area contributed by atoms with Gasteiger partial charge in [0.05, 0.1) is 5.69 Å². The molecule has 4 rings (SSSR count). The van der Waals surface area contributed by atoms with Crippen LogP contribution >= 0.6 is 11.5 Å². The minimum Gasteiger partial charge on any atom is -0.337 e. The first-order valence-corrected chi connectivity index (χ1v) is 9.82. The van der Waals surface area contributed by atoms with E-state index < -0.39 is 0 Å². The molecule has 25 heavy (non-hydrogen) atoms. The van der Waals surface area contributed by atoms with E-state index in [1.165, 1.54) is 36.5 Å². The Morgan fingerprint density at radius 1 is 1.20 bits per heavy atom. The van der Waals surface area contributed by atoms with Crippen LogP contribution in [-0.4, -0.2) is 56.0 Å². The Bertz CT molecular complexity index is 724. The zero-order valence-electron chi connectivity index (χ0n) is 14.7. The van der Waals surface area contributed by atoms with Gasteiger partial charge in [0.25, 0.3) is 5.91 Å². The van der Waals surface area contributed by atoms with Crippen molar-refractivity contribution in [3.05, 3.63) is 35.1 Å². The molecule has 0 N–H and O–H groups in total. The Morgan fingerprint density at radius 3 is 2.76 bits per heavy atom. The van der Waals surface area contributed by atoms with E-state index in [1.54, 1.807) is 6.20 Å². The van der Waals surface area contributed by atoms with Crippen molar-refractivity contribution in [2.75, 3.05) is 26.2 Å². The molecular formula is C18H25N5OS. The molecule has 0 saturated carbocycles. The fourth-order valence-corrected chi connectivity index (χ4v) is 4.99. The molecule has 4 heterocycles. The monoisotopic (exact) mass is 359 g/mol. The highest BCUT2D eigenvalue weighted by Crippen LogP contribution is 2.39. The summed E-state index contributed by atoms with van der Waals surface area (Å²) in [6.45, 7) is 4.91. The summed E-state index contributed by atoms with van der Waals surface area (Å²) in [4.78, 5) is 18.1. The maximum atomic E-state index is 12.7. The molecule has 0 bridgehead atoms. The zero-order chi connectivity index (χ0) is 17.3. The van der Waals surface area contributed by atoms with Crippen molar-refractivity contribution in [1.29, 1.82) is 0 Å². The van der Waals surface area contributed by atoms with Crippen LogP contribution in [0.3, 0.4) is 0 Å². The van der Waals surface area contributed by atoms with E-state index in [1.807, 2.05) is 24.0 Å². The topological polar surface area (TPSA) is 54.3 Å². The van der Waals surface area contributed by atoms with Crippen LogP contribution in [0.15, 0.2) is 24.5 Å². The van der Waals surface area contributed by atoms with Crippen molar-refractivity contribution in [2.45, 2.75) is 32.2 Å². The van der Waals surface area contributed by atoms with Gasteiger partial charge in [0.15, 0.2) is 0 Å². The van der Waals surface area contributed by atoms with Gasteiger partial charge < -0.3 is 4.90 Å². The van der Waals surface area contributed by atoms with E-state index in [-0.39, 0.29) is 11.3 Å². The van der Waals surface area contributed by atoms with Crippen molar-refractivity contribution in [3.63, 3.8) is 0 Å². The lowest BCUT2D eigenvalue weighted by Gasteiger charge is -2.48. The van der Waals surface area contributed by atoms with Gasteiger partial charge in [-0.25, -0.2) is 4.37 Å². The quantitative estimate of drug-likeness (QED) is 0.844. The van der Waals surface area contributed by atoms with Crippen LogP contribution in [0.4, 0.5) is 0 Å². The van der Waals surface area contributed by atoms with Gasteiger partial charge in [0, 0.05) is 51.0 Å². The van der Waals surface area contributed by atoms with Gasteiger partial charge in [-0.3, -0.25) is 14.4 Å². The molecule has 2 aliphatic rings. The number of piperidine rings is 2. The molecule has 2 aliphatic heterocycles. The number of rotatable bonds is 3. The van der Waals surface area contributed by atoms with Crippen molar-refractivity contribution < 1.29 is 4.79 Å². The third-order valence-electron chi connectivity index (χ3n) is 5.65. The summed E-state index contributed by atoms with van der Waals surface area (Å²) in [6.07, 6.45) is 8.34. The zero-order valence-corrected chi connectivity index (χ0v) is 15.5. The first kappa shape index (κ1) is 16.7. The van der Waals surface area contributed by atoms with E-state index in [0.29, 0.717) is 0 Å². The number of aryl methyl sites for hydroxylation is 1. The van der Waals surface area contributed by atoms with Crippen LogP contribution in [0.1, 0.15) is 41.0 Å². The maximum absolute atomic E-state index is 12.7. The summed E-state index contributed by atoms with van der Waals surface area (Å²) in [5.41, 5.74) is 1.50. The van der Waals surface area contributed by atoms with Gasteiger partial charge in [0.1, 0.15) is 4.88 Å². The average Bonchev–Trinajstić information content (AvgIpc) is 3.27. The number of nitrogens with zero attached hydrogens (tertiary/aromatic N) is 5. The van der Waals surface area contributed by atoms with Crippen molar-refractivity contribution >= 4 is 17.4 Å². The van der Waals surface area contributed by atoms with E-state index in [2.05, 4.69) is 25.3 Å². The average molecular weight is 359 g/mol. The number of hydrogen-bond acceptors (Lipinski definition) is 5. The number of amides is 1. The van der Waals surface area contributed by atoms with Gasteiger partial charge >= 0.3 is 0 Å². The molecule has 6 nitrogen and oxygen atoms in total.